The van der Waals surface area contributed by atoms with E-state index in [1.54, 1.807) is 7.11 Å². The first kappa shape index (κ1) is 16.8. The Morgan fingerprint density at radius 1 is 1.41 bits per heavy atom. The van der Waals surface area contributed by atoms with E-state index in [9.17, 15) is 9.90 Å². The summed E-state index contributed by atoms with van der Waals surface area (Å²) in [5.74, 6) is 1.19. The number of piperidine rings is 1. The molecule has 5 heteroatoms. The Hall–Kier alpha value is -1.59. The maximum absolute atomic E-state index is 12.1. The molecule has 1 saturated heterocycles. The number of carbonyl (C=O) groups is 1. The summed E-state index contributed by atoms with van der Waals surface area (Å²) >= 11 is 0. The Bertz CT molecular complexity index is 483. The molecule has 0 saturated carbocycles. The Labute approximate surface area is 132 Å². The Morgan fingerprint density at radius 3 is 2.73 bits per heavy atom. The minimum absolute atomic E-state index is 0.0291. The summed E-state index contributed by atoms with van der Waals surface area (Å²) in [6.45, 7) is 4.49. The summed E-state index contributed by atoms with van der Waals surface area (Å²) in [6.07, 6.45) is 1.66. The summed E-state index contributed by atoms with van der Waals surface area (Å²) < 4.78 is 5.28. The zero-order valence-electron chi connectivity index (χ0n) is 13.4. The lowest BCUT2D eigenvalue weighted by Gasteiger charge is -2.32. The number of nitrogens with one attached hydrogen (secondary N) is 1. The molecule has 1 aliphatic rings. The number of likely N-dealkylation sites (tertiary alicyclic amines) is 1. The number of para-hydroxylation sites is 1. The van der Waals surface area contributed by atoms with Crippen molar-refractivity contribution >= 4 is 5.91 Å². The number of benzene rings is 1. The molecule has 2 rings (SSSR count). The average molecular weight is 306 g/mol. The second kappa shape index (κ2) is 8.15. The van der Waals surface area contributed by atoms with Crippen molar-refractivity contribution in [3.63, 3.8) is 0 Å². The number of rotatable bonds is 6. The summed E-state index contributed by atoms with van der Waals surface area (Å²) in [7, 11) is 1.63. The number of ether oxygens (including phenoxy) is 1. The quantitative estimate of drug-likeness (QED) is 0.834. The Kier molecular flexibility index (Phi) is 6.21. The predicted octanol–water partition coefficient (Wildman–Crippen LogP) is 1.40. The molecule has 5 nitrogen and oxygen atoms in total. The molecule has 0 radical (unpaired) electrons. The maximum atomic E-state index is 12.1. The highest BCUT2D eigenvalue weighted by molar-refractivity contribution is 5.78. The van der Waals surface area contributed by atoms with Gasteiger partial charge in [-0.25, -0.2) is 0 Å². The zero-order chi connectivity index (χ0) is 15.9. The van der Waals surface area contributed by atoms with E-state index < -0.39 is 0 Å². The number of aliphatic hydroxyl groups excluding tert-OH is 1. The highest BCUT2D eigenvalue weighted by Crippen LogP contribution is 2.20. The van der Waals surface area contributed by atoms with Gasteiger partial charge in [-0.05, 0) is 44.8 Å². The van der Waals surface area contributed by atoms with Crippen molar-refractivity contribution in [2.75, 3.05) is 26.7 Å². The third kappa shape index (κ3) is 4.71. The molecule has 1 heterocycles. The summed E-state index contributed by atoms with van der Waals surface area (Å²) in [5.41, 5.74) is 0.978. The molecule has 22 heavy (non-hydrogen) atoms. The summed E-state index contributed by atoms with van der Waals surface area (Å²) in [4.78, 5) is 14.2. The number of methoxy groups -OCH3 is 1. The molecule has 1 aromatic rings. The fourth-order valence-corrected chi connectivity index (χ4v) is 2.90. The normalized spacial score (nSPS) is 18.0. The van der Waals surface area contributed by atoms with E-state index in [2.05, 4.69) is 10.2 Å². The third-order valence-electron chi connectivity index (χ3n) is 4.35. The van der Waals surface area contributed by atoms with Gasteiger partial charge in [0.05, 0.1) is 19.8 Å². The lowest BCUT2D eigenvalue weighted by atomic mass is 9.92. The van der Waals surface area contributed by atoms with Gasteiger partial charge in [0.15, 0.2) is 0 Å². The first-order valence-corrected chi connectivity index (χ1v) is 7.89. The van der Waals surface area contributed by atoms with E-state index in [0.717, 1.165) is 37.2 Å². The first-order chi connectivity index (χ1) is 10.6. The first-order valence-electron chi connectivity index (χ1n) is 7.89. The minimum atomic E-state index is -0.249. The minimum Gasteiger partial charge on any atom is -0.496 e. The van der Waals surface area contributed by atoms with Crippen LogP contribution < -0.4 is 10.1 Å². The van der Waals surface area contributed by atoms with Crippen LogP contribution in [0.1, 0.15) is 25.3 Å². The molecule has 1 fully saturated rings. The monoisotopic (exact) mass is 306 g/mol. The van der Waals surface area contributed by atoms with Crippen molar-refractivity contribution in [1.29, 1.82) is 0 Å². The van der Waals surface area contributed by atoms with E-state index >= 15 is 0 Å². The number of carbonyl (C=O) groups excluding carboxylic acids is 1. The van der Waals surface area contributed by atoms with Crippen LogP contribution in [0.4, 0.5) is 0 Å². The molecular formula is C17H26N2O3. The van der Waals surface area contributed by atoms with Crippen LogP contribution in [0.5, 0.6) is 5.75 Å². The molecule has 0 bridgehead atoms. The number of hydrogen-bond donors (Lipinski definition) is 2. The van der Waals surface area contributed by atoms with Crippen LogP contribution in [0, 0.1) is 5.92 Å². The predicted molar refractivity (Wildman–Crippen MR) is 85.7 cm³/mol. The molecule has 0 aromatic heterocycles. The van der Waals surface area contributed by atoms with Crippen molar-refractivity contribution in [3.8, 4) is 5.75 Å². The van der Waals surface area contributed by atoms with Gasteiger partial charge in [-0.2, -0.15) is 0 Å². The number of nitrogens with zero attached hydrogens (tertiary/aromatic N) is 1. The average Bonchev–Trinajstić information content (AvgIpc) is 2.53. The van der Waals surface area contributed by atoms with Gasteiger partial charge in [-0.3, -0.25) is 9.69 Å². The number of aliphatic hydroxyl groups is 1. The van der Waals surface area contributed by atoms with Crippen LogP contribution in [-0.2, 0) is 11.3 Å². The van der Waals surface area contributed by atoms with Gasteiger partial charge in [-0.15, -0.1) is 0 Å². The van der Waals surface area contributed by atoms with E-state index in [4.69, 9.17) is 4.74 Å². The highest BCUT2D eigenvalue weighted by Gasteiger charge is 2.23. The van der Waals surface area contributed by atoms with Gasteiger partial charge < -0.3 is 15.2 Å². The fourth-order valence-electron chi connectivity index (χ4n) is 2.90. The molecule has 1 unspecified atom stereocenters. The third-order valence-corrected chi connectivity index (χ3v) is 4.35. The molecular weight excluding hydrogens is 280 g/mol. The van der Waals surface area contributed by atoms with Crippen LogP contribution in [0.15, 0.2) is 24.3 Å². The van der Waals surface area contributed by atoms with Gasteiger partial charge in [0, 0.05) is 12.1 Å². The van der Waals surface area contributed by atoms with Crippen molar-refractivity contribution in [1.82, 2.24) is 10.2 Å². The summed E-state index contributed by atoms with van der Waals surface area (Å²) in [6, 6.07) is 7.69. The second-order valence-electron chi connectivity index (χ2n) is 5.94. The fraction of sp³-hybridized carbons (Fsp3) is 0.588. The lowest BCUT2D eigenvalue weighted by Crippen LogP contribution is -2.42. The number of hydrogen-bond acceptors (Lipinski definition) is 4. The summed E-state index contributed by atoms with van der Waals surface area (Å²) in [5, 5.41) is 12.5. The molecule has 1 aliphatic heterocycles. The lowest BCUT2D eigenvalue weighted by molar-refractivity contribution is -0.122. The van der Waals surface area contributed by atoms with Crippen LogP contribution in [0.2, 0.25) is 0 Å². The van der Waals surface area contributed by atoms with E-state index in [-0.39, 0.29) is 12.0 Å². The molecule has 2 N–H and O–H groups in total. The standard InChI is InChI=1S/C17H26N2O3/c1-13(20)14-7-9-19(10-8-14)12-17(21)18-11-15-5-3-4-6-16(15)22-2/h3-6,13-14,20H,7-12H2,1-2H3,(H,18,21). The van der Waals surface area contributed by atoms with E-state index in [1.165, 1.54) is 0 Å². The maximum Gasteiger partial charge on any atom is 0.234 e. The van der Waals surface area contributed by atoms with Gasteiger partial charge in [-0.1, -0.05) is 18.2 Å². The van der Waals surface area contributed by atoms with Crippen LogP contribution >= 0.6 is 0 Å². The van der Waals surface area contributed by atoms with E-state index in [1.807, 2.05) is 31.2 Å². The SMILES string of the molecule is COc1ccccc1CNC(=O)CN1CCC(C(C)O)CC1. The second-order valence-corrected chi connectivity index (χ2v) is 5.94. The smallest absolute Gasteiger partial charge is 0.234 e. The van der Waals surface area contributed by atoms with Gasteiger partial charge >= 0.3 is 0 Å². The van der Waals surface area contributed by atoms with Gasteiger partial charge in [0.1, 0.15) is 5.75 Å². The van der Waals surface area contributed by atoms with Crippen LogP contribution in [-0.4, -0.2) is 48.8 Å². The van der Waals surface area contributed by atoms with Crippen LogP contribution in [0.3, 0.4) is 0 Å². The van der Waals surface area contributed by atoms with Crippen molar-refractivity contribution in [3.05, 3.63) is 29.8 Å². The number of amides is 1. The molecule has 0 spiro atoms. The molecule has 1 amide bonds. The molecule has 1 aromatic carbocycles. The van der Waals surface area contributed by atoms with Crippen LogP contribution in [0.25, 0.3) is 0 Å². The zero-order valence-corrected chi connectivity index (χ0v) is 13.4. The van der Waals surface area contributed by atoms with Gasteiger partial charge in [0.25, 0.3) is 0 Å². The molecule has 122 valence electrons. The molecule has 0 aliphatic carbocycles. The van der Waals surface area contributed by atoms with Gasteiger partial charge in [0.2, 0.25) is 5.91 Å². The highest BCUT2D eigenvalue weighted by atomic mass is 16.5. The topological polar surface area (TPSA) is 61.8 Å². The van der Waals surface area contributed by atoms with Crippen molar-refractivity contribution in [2.45, 2.75) is 32.4 Å². The van der Waals surface area contributed by atoms with Crippen molar-refractivity contribution in [2.24, 2.45) is 5.92 Å². The Balaban J connectivity index is 1.75. The van der Waals surface area contributed by atoms with Crippen molar-refractivity contribution < 1.29 is 14.6 Å². The Morgan fingerprint density at radius 2 is 2.09 bits per heavy atom. The van der Waals surface area contributed by atoms with E-state index in [0.29, 0.717) is 19.0 Å². The molecule has 1 atom stereocenters. The largest absolute Gasteiger partial charge is 0.496 e.